The number of amides is 1. The fraction of sp³-hybridized carbons (Fsp3) is 0.500. The van der Waals surface area contributed by atoms with Gasteiger partial charge in [-0.15, -0.1) is 0 Å². The molecule has 1 amide bonds. The van der Waals surface area contributed by atoms with Crippen LogP contribution in [0.15, 0.2) is 30.6 Å². The molecular formula is C20H22F6N4O. The first kappa shape index (κ1) is 23.1. The van der Waals surface area contributed by atoms with Crippen LogP contribution in [0.25, 0.3) is 0 Å². The number of hydrogen-bond donors (Lipinski definition) is 0. The number of rotatable bonds is 4. The van der Waals surface area contributed by atoms with Crippen molar-refractivity contribution in [2.24, 2.45) is 7.05 Å². The van der Waals surface area contributed by atoms with Crippen molar-refractivity contribution in [2.45, 2.75) is 31.7 Å². The number of aryl methyl sites for hydroxylation is 1. The molecule has 0 bridgehead atoms. The second-order valence-corrected chi connectivity index (χ2v) is 7.51. The zero-order valence-corrected chi connectivity index (χ0v) is 16.8. The Morgan fingerprint density at radius 3 is 2.39 bits per heavy atom. The maximum absolute atomic E-state index is 13.3. The van der Waals surface area contributed by atoms with Crippen molar-refractivity contribution >= 4 is 5.91 Å². The van der Waals surface area contributed by atoms with Gasteiger partial charge in [0.05, 0.1) is 24.1 Å². The third-order valence-corrected chi connectivity index (χ3v) is 5.31. The van der Waals surface area contributed by atoms with Gasteiger partial charge in [-0.3, -0.25) is 9.69 Å². The Morgan fingerprint density at radius 2 is 1.77 bits per heavy atom. The monoisotopic (exact) mass is 448 g/mol. The number of halogens is 6. The lowest BCUT2D eigenvalue weighted by atomic mass is 10.00. The van der Waals surface area contributed by atoms with Crippen molar-refractivity contribution in [1.29, 1.82) is 0 Å². The highest BCUT2D eigenvalue weighted by molar-refractivity contribution is 5.79. The van der Waals surface area contributed by atoms with Crippen molar-refractivity contribution < 1.29 is 31.1 Å². The van der Waals surface area contributed by atoms with Gasteiger partial charge in [-0.1, -0.05) is 6.07 Å². The van der Waals surface area contributed by atoms with E-state index >= 15 is 0 Å². The molecule has 1 aromatic heterocycles. The summed E-state index contributed by atoms with van der Waals surface area (Å²) in [5.74, 6) is 0.323. The highest BCUT2D eigenvalue weighted by Crippen LogP contribution is 2.37. The van der Waals surface area contributed by atoms with E-state index in [1.807, 2.05) is 17.8 Å². The van der Waals surface area contributed by atoms with Crippen LogP contribution in [-0.4, -0.2) is 51.4 Å². The van der Waals surface area contributed by atoms with Gasteiger partial charge in [-0.2, -0.15) is 26.3 Å². The van der Waals surface area contributed by atoms with E-state index in [0.29, 0.717) is 45.2 Å². The number of nitrogens with zero attached hydrogens (tertiary/aromatic N) is 4. The Kier molecular flexibility index (Phi) is 6.63. The summed E-state index contributed by atoms with van der Waals surface area (Å²) < 4.78 is 80.4. The van der Waals surface area contributed by atoms with Gasteiger partial charge in [0.25, 0.3) is 0 Å². The first-order chi connectivity index (χ1) is 14.4. The SMILES string of the molecule is Cn1ccnc1CN1CCCN(C(=O)Cc2ccc(C(F)(F)F)cc2C(F)(F)F)CC1. The molecule has 0 atom stereocenters. The quantitative estimate of drug-likeness (QED) is 0.670. The summed E-state index contributed by atoms with van der Waals surface area (Å²) in [6.45, 7) is 2.51. The smallest absolute Gasteiger partial charge is 0.341 e. The zero-order valence-electron chi connectivity index (χ0n) is 16.8. The van der Waals surface area contributed by atoms with Crippen LogP contribution in [0.5, 0.6) is 0 Å². The summed E-state index contributed by atoms with van der Waals surface area (Å²) in [6, 6.07) is 1.39. The number of carbonyl (C=O) groups excluding carboxylic acids is 1. The first-order valence-corrected chi connectivity index (χ1v) is 9.69. The minimum Gasteiger partial charge on any atom is -0.341 e. The molecule has 11 heteroatoms. The molecule has 0 N–H and O–H groups in total. The van der Waals surface area contributed by atoms with E-state index in [-0.39, 0.29) is 6.07 Å². The fourth-order valence-electron chi connectivity index (χ4n) is 3.57. The molecule has 2 aromatic rings. The maximum Gasteiger partial charge on any atom is 0.416 e. The fourth-order valence-corrected chi connectivity index (χ4v) is 3.57. The van der Waals surface area contributed by atoms with Crippen molar-refractivity contribution in [3.8, 4) is 0 Å². The molecule has 0 radical (unpaired) electrons. The number of benzene rings is 1. The van der Waals surface area contributed by atoms with Crippen LogP contribution in [0.2, 0.25) is 0 Å². The minimum atomic E-state index is -4.99. The number of aromatic nitrogens is 2. The Hall–Kier alpha value is -2.56. The van der Waals surface area contributed by atoms with Gasteiger partial charge in [0.2, 0.25) is 5.91 Å². The third-order valence-electron chi connectivity index (χ3n) is 5.31. The molecule has 1 fully saturated rings. The predicted octanol–water partition coefficient (Wildman–Crippen LogP) is 3.73. The Morgan fingerprint density at radius 1 is 1.03 bits per heavy atom. The van der Waals surface area contributed by atoms with Gasteiger partial charge >= 0.3 is 12.4 Å². The summed E-state index contributed by atoms with van der Waals surface area (Å²) in [4.78, 5) is 20.5. The van der Waals surface area contributed by atoms with E-state index in [2.05, 4.69) is 9.88 Å². The zero-order chi connectivity index (χ0) is 22.8. The third kappa shape index (κ3) is 5.78. The molecule has 5 nitrogen and oxygen atoms in total. The van der Waals surface area contributed by atoms with E-state index in [1.165, 1.54) is 4.90 Å². The van der Waals surface area contributed by atoms with Crippen LogP contribution in [0.3, 0.4) is 0 Å². The molecule has 1 aromatic carbocycles. The van der Waals surface area contributed by atoms with Crippen LogP contribution in [0.4, 0.5) is 26.3 Å². The summed E-state index contributed by atoms with van der Waals surface area (Å²) in [5.41, 5.74) is -3.28. The van der Waals surface area contributed by atoms with Crippen molar-refractivity contribution in [2.75, 3.05) is 26.2 Å². The molecule has 3 rings (SSSR count). The van der Waals surface area contributed by atoms with Gasteiger partial charge in [0.15, 0.2) is 0 Å². The van der Waals surface area contributed by atoms with E-state index in [0.717, 1.165) is 11.9 Å². The second-order valence-electron chi connectivity index (χ2n) is 7.51. The van der Waals surface area contributed by atoms with E-state index in [4.69, 9.17) is 0 Å². The van der Waals surface area contributed by atoms with Gasteiger partial charge in [-0.05, 0) is 24.1 Å². The van der Waals surface area contributed by atoms with Gasteiger partial charge in [0, 0.05) is 45.6 Å². The van der Waals surface area contributed by atoms with Crippen LogP contribution < -0.4 is 0 Å². The highest BCUT2D eigenvalue weighted by Gasteiger charge is 2.38. The van der Waals surface area contributed by atoms with Crippen LogP contribution in [-0.2, 0) is 37.2 Å². The molecule has 0 aliphatic carbocycles. The van der Waals surface area contributed by atoms with Crippen molar-refractivity contribution in [3.63, 3.8) is 0 Å². The van der Waals surface area contributed by atoms with Gasteiger partial charge in [-0.25, -0.2) is 4.98 Å². The highest BCUT2D eigenvalue weighted by atomic mass is 19.4. The molecule has 1 aliphatic rings. The largest absolute Gasteiger partial charge is 0.416 e. The Balaban J connectivity index is 1.69. The Bertz CT molecular complexity index is 921. The number of hydrogen-bond acceptors (Lipinski definition) is 3. The predicted molar refractivity (Wildman–Crippen MR) is 99.8 cm³/mol. The molecule has 0 spiro atoms. The molecule has 2 heterocycles. The minimum absolute atomic E-state index is 0.0691. The molecular weight excluding hydrogens is 426 g/mol. The Labute approximate surface area is 175 Å². The molecule has 170 valence electrons. The molecule has 31 heavy (non-hydrogen) atoms. The lowest BCUT2D eigenvalue weighted by molar-refractivity contribution is -0.143. The van der Waals surface area contributed by atoms with E-state index in [1.54, 1.807) is 6.20 Å². The number of carbonyl (C=O) groups is 1. The van der Waals surface area contributed by atoms with Gasteiger partial charge in [0.1, 0.15) is 5.82 Å². The summed E-state index contributed by atoms with van der Waals surface area (Å²) in [5, 5.41) is 0. The molecule has 1 saturated heterocycles. The number of imidazole rings is 1. The maximum atomic E-state index is 13.3. The summed E-state index contributed by atoms with van der Waals surface area (Å²) >= 11 is 0. The normalized spacial score (nSPS) is 16.4. The molecule has 0 unspecified atom stereocenters. The lowest BCUT2D eigenvalue weighted by Gasteiger charge is -2.23. The van der Waals surface area contributed by atoms with Crippen molar-refractivity contribution in [1.82, 2.24) is 19.4 Å². The first-order valence-electron chi connectivity index (χ1n) is 9.69. The van der Waals surface area contributed by atoms with E-state index < -0.39 is 41.4 Å². The van der Waals surface area contributed by atoms with Crippen LogP contribution in [0, 0.1) is 0 Å². The van der Waals surface area contributed by atoms with Crippen LogP contribution in [0.1, 0.15) is 28.9 Å². The molecule has 1 aliphatic heterocycles. The van der Waals surface area contributed by atoms with Crippen LogP contribution >= 0.6 is 0 Å². The summed E-state index contributed by atoms with van der Waals surface area (Å²) in [6.07, 6.45) is -6.35. The average Bonchev–Trinajstić information content (AvgIpc) is 2.92. The van der Waals surface area contributed by atoms with Gasteiger partial charge < -0.3 is 9.47 Å². The van der Waals surface area contributed by atoms with E-state index in [9.17, 15) is 31.1 Å². The molecule has 0 saturated carbocycles. The standard InChI is InChI=1S/C20H22F6N4O/c1-28-8-5-27-17(28)13-29-6-2-7-30(10-9-29)18(31)11-14-3-4-15(19(21,22)23)12-16(14)20(24,25)26/h3-5,8,12H,2,6-7,9-11,13H2,1H3. The topological polar surface area (TPSA) is 41.4 Å². The van der Waals surface area contributed by atoms with Crippen molar-refractivity contribution in [3.05, 3.63) is 53.1 Å². The lowest BCUT2D eigenvalue weighted by Crippen LogP contribution is -2.36. The average molecular weight is 448 g/mol. The number of alkyl halides is 6. The summed E-state index contributed by atoms with van der Waals surface area (Å²) in [7, 11) is 1.87. The second kappa shape index (κ2) is 8.89.